The van der Waals surface area contributed by atoms with Crippen LogP contribution in [0.3, 0.4) is 0 Å². The minimum absolute atomic E-state index is 0.0502. The van der Waals surface area contributed by atoms with Gasteiger partial charge in [-0.1, -0.05) is 6.07 Å². The number of hydrogen-bond donors (Lipinski definition) is 3. The Hall–Kier alpha value is -1.59. The summed E-state index contributed by atoms with van der Waals surface area (Å²) in [5.41, 5.74) is 1.84. The van der Waals surface area contributed by atoms with E-state index in [4.69, 9.17) is 4.74 Å². The van der Waals surface area contributed by atoms with E-state index in [0.717, 1.165) is 16.9 Å². The standard InChI is InChI=1S/C15H24N2O3/c1-10-9-13(5-6-14(10)20-4)15(19)11(2)16-7-8-17-12(3)18/h5-6,9,11,15-16,19H,7-8H2,1-4H3,(H,17,18). The van der Waals surface area contributed by atoms with E-state index in [0.29, 0.717) is 13.1 Å². The van der Waals surface area contributed by atoms with Gasteiger partial charge >= 0.3 is 0 Å². The molecule has 0 aromatic heterocycles. The van der Waals surface area contributed by atoms with Gasteiger partial charge in [-0.3, -0.25) is 4.79 Å². The minimum Gasteiger partial charge on any atom is -0.496 e. The third-order valence-electron chi connectivity index (χ3n) is 3.20. The van der Waals surface area contributed by atoms with Crippen molar-refractivity contribution in [1.82, 2.24) is 10.6 Å². The van der Waals surface area contributed by atoms with Crippen molar-refractivity contribution >= 4 is 5.91 Å². The Morgan fingerprint density at radius 3 is 2.65 bits per heavy atom. The molecule has 112 valence electrons. The van der Waals surface area contributed by atoms with Gasteiger partial charge in [-0.2, -0.15) is 0 Å². The molecule has 2 unspecified atom stereocenters. The normalized spacial score (nSPS) is 13.7. The summed E-state index contributed by atoms with van der Waals surface area (Å²) >= 11 is 0. The molecule has 0 saturated heterocycles. The molecule has 20 heavy (non-hydrogen) atoms. The fraction of sp³-hybridized carbons (Fsp3) is 0.533. The Bertz CT molecular complexity index is 449. The summed E-state index contributed by atoms with van der Waals surface area (Å²) in [6.45, 7) is 6.52. The summed E-state index contributed by atoms with van der Waals surface area (Å²) in [7, 11) is 1.63. The quantitative estimate of drug-likeness (QED) is 0.655. The molecule has 2 atom stereocenters. The zero-order valence-electron chi connectivity index (χ0n) is 12.6. The highest BCUT2D eigenvalue weighted by Crippen LogP contribution is 2.24. The minimum atomic E-state index is -0.600. The third kappa shape index (κ3) is 4.83. The SMILES string of the molecule is COc1ccc(C(O)C(C)NCCNC(C)=O)cc1C. The van der Waals surface area contributed by atoms with Gasteiger partial charge in [0, 0.05) is 26.1 Å². The highest BCUT2D eigenvalue weighted by atomic mass is 16.5. The number of amides is 1. The Kier molecular flexibility index (Phi) is 6.48. The highest BCUT2D eigenvalue weighted by molar-refractivity contribution is 5.72. The van der Waals surface area contributed by atoms with Crippen LogP contribution in [0.1, 0.15) is 31.1 Å². The Morgan fingerprint density at radius 1 is 1.40 bits per heavy atom. The molecule has 0 aliphatic heterocycles. The first-order valence-corrected chi connectivity index (χ1v) is 6.76. The third-order valence-corrected chi connectivity index (χ3v) is 3.20. The lowest BCUT2D eigenvalue weighted by atomic mass is 10.0. The molecule has 0 aliphatic rings. The van der Waals surface area contributed by atoms with Crippen molar-refractivity contribution in [2.75, 3.05) is 20.2 Å². The highest BCUT2D eigenvalue weighted by Gasteiger charge is 2.16. The molecule has 5 heteroatoms. The number of hydrogen-bond acceptors (Lipinski definition) is 4. The van der Waals surface area contributed by atoms with Crippen LogP contribution in [-0.4, -0.2) is 37.3 Å². The summed E-state index contributed by atoms with van der Waals surface area (Å²) in [4.78, 5) is 10.7. The van der Waals surface area contributed by atoms with E-state index in [1.54, 1.807) is 7.11 Å². The van der Waals surface area contributed by atoms with Crippen molar-refractivity contribution in [1.29, 1.82) is 0 Å². The van der Waals surface area contributed by atoms with Gasteiger partial charge in [0.2, 0.25) is 5.91 Å². The lowest BCUT2D eigenvalue weighted by Gasteiger charge is -2.21. The Morgan fingerprint density at radius 2 is 2.10 bits per heavy atom. The molecule has 1 aromatic rings. The molecule has 1 rings (SSSR count). The smallest absolute Gasteiger partial charge is 0.216 e. The molecule has 0 radical (unpaired) electrons. The number of benzene rings is 1. The molecule has 1 amide bonds. The predicted molar refractivity (Wildman–Crippen MR) is 78.8 cm³/mol. The fourth-order valence-electron chi connectivity index (χ4n) is 2.02. The van der Waals surface area contributed by atoms with Crippen molar-refractivity contribution in [2.45, 2.75) is 32.9 Å². The number of aliphatic hydroxyl groups is 1. The first kappa shape index (κ1) is 16.5. The van der Waals surface area contributed by atoms with Crippen molar-refractivity contribution < 1.29 is 14.6 Å². The maximum atomic E-state index is 10.7. The molecular weight excluding hydrogens is 256 g/mol. The molecule has 1 aromatic carbocycles. The second-order valence-electron chi connectivity index (χ2n) is 4.90. The molecule has 0 aliphatic carbocycles. The molecule has 0 heterocycles. The van der Waals surface area contributed by atoms with E-state index < -0.39 is 6.10 Å². The Labute approximate surface area is 120 Å². The number of ether oxygens (including phenoxy) is 1. The van der Waals surface area contributed by atoms with Crippen molar-refractivity contribution in [3.05, 3.63) is 29.3 Å². The fourth-order valence-corrected chi connectivity index (χ4v) is 2.02. The van der Waals surface area contributed by atoms with E-state index in [-0.39, 0.29) is 11.9 Å². The van der Waals surface area contributed by atoms with Gasteiger partial charge in [0.05, 0.1) is 13.2 Å². The zero-order chi connectivity index (χ0) is 15.1. The van der Waals surface area contributed by atoms with E-state index >= 15 is 0 Å². The molecule has 5 nitrogen and oxygen atoms in total. The van der Waals surface area contributed by atoms with Gasteiger partial charge in [0.25, 0.3) is 0 Å². The number of methoxy groups -OCH3 is 1. The summed E-state index contributed by atoms with van der Waals surface area (Å²) in [5, 5.41) is 16.2. The topological polar surface area (TPSA) is 70.6 Å². The summed E-state index contributed by atoms with van der Waals surface area (Å²) in [6.07, 6.45) is -0.600. The number of aryl methyl sites for hydroxylation is 1. The maximum absolute atomic E-state index is 10.7. The second-order valence-corrected chi connectivity index (χ2v) is 4.90. The number of nitrogens with one attached hydrogen (secondary N) is 2. The van der Waals surface area contributed by atoms with Crippen LogP contribution in [0.5, 0.6) is 5.75 Å². The zero-order valence-corrected chi connectivity index (χ0v) is 12.6. The van der Waals surface area contributed by atoms with Crippen LogP contribution < -0.4 is 15.4 Å². The monoisotopic (exact) mass is 280 g/mol. The second kappa shape index (κ2) is 7.87. The van der Waals surface area contributed by atoms with Crippen molar-refractivity contribution in [3.8, 4) is 5.75 Å². The van der Waals surface area contributed by atoms with E-state index in [1.807, 2.05) is 32.0 Å². The molecule has 0 spiro atoms. The maximum Gasteiger partial charge on any atom is 0.216 e. The Balaban J connectivity index is 2.53. The van der Waals surface area contributed by atoms with Gasteiger partial charge < -0.3 is 20.5 Å². The van der Waals surface area contributed by atoms with Gasteiger partial charge in [0.15, 0.2) is 0 Å². The number of carbonyl (C=O) groups is 1. The number of rotatable bonds is 7. The molecule has 3 N–H and O–H groups in total. The van der Waals surface area contributed by atoms with Crippen LogP contribution in [0.25, 0.3) is 0 Å². The first-order chi connectivity index (χ1) is 9.45. The van der Waals surface area contributed by atoms with Gasteiger partial charge in [0.1, 0.15) is 5.75 Å². The average molecular weight is 280 g/mol. The van der Waals surface area contributed by atoms with Crippen molar-refractivity contribution in [3.63, 3.8) is 0 Å². The summed E-state index contributed by atoms with van der Waals surface area (Å²) in [6, 6.07) is 5.55. The van der Waals surface area contributed by atoms with Crippen LogP contribution in [0.4, 0.5) is 0 Å². The van der Waals surface area contributed by atoms with Crippen LogP contribution in [0, 0.1) is 6.92 Å². The van der Waals surface area contributed by atoms with Crippen molar-refractivity contribution in [2.24, 2.45) is 0 Å². The lowest BCUT2D eigenvalue weighted by molar-refractivity contribution is -0.118. The first-order valence-electron chi connectivity index (χ1n) is 6.76. The largest absolute Gasteiger partial charge is 0.496 e. The van der Waals surface area contributed by atoms with Crippen LogP contribution in [0.15, 0.2) is 18.2 Å². The molecule has 0 fully saturated rings. The van der Waals surface area contributed by atoms with Gasteiger partial charge in [-0.05, 0) is 37.1 Å². The molecule has 0 bridgehead atoms. The van der Waals surface area contributed by atoms with Crippen LogP contribution in [0.2, 0.25) is 0 Å². The summed E-state index contributed by atoms with van der Waals surface area (Å²) in [5.74, 6) is 0.762. The number of carbonyl (C=O) groups excluding carboxylic acids is 1. The van der Waals surface area contributed by atoms with E-state index in [2.05, 4.69) is 10.6 Å². The average Bonchev–Trinajstić information content (AvgIpc) is 2.42. The summed E-state index contributed by atoms with van der Waals surface area (Å²) < 4.78 is 5.20. The molecule has 0 saturated carbocycles. The van der Waals surface area contributed by atoms with Gasteiger partial charge in [-0.25, -0.2) is 0 Å². The van der Waals surface area contributed by atoms with E-state index in [1.165, 1.54) is 6.92 Å². The predicted octanol–water partition coefficient (Wildman–Crippen LogP) is 1.15. The lowest BCUT2D eigenvalue weighted by Crippen LogP contribution is -2.38. The van der Waals surface area contributed by atoms with E-state index in [9.17, 15) is 9.90 Å². The van der Waals surface area contributed by atoms with Crippen LogP contribution in [-0.2, 0) is 4.79 Å². The van der Waals surface area contributed by atoms with Gasteiger partial charge in [-0.15, -0.1) is 0 Å². The van der Waals surface area contributed by atoms with Crippen LogP contribution >= 0.6 is 0 Å². The number of aliphatic hydroxyl groups excluding tert-OH is 1. The molecular formula is C15H24N2O3.